The van der Waals surface area contributed by atoms with E-state index in [9.17, 15) is 0 Å². The zero-order valence-electron chi connectivity index (χ0n) is 9.78. The van der Waals surface area contributed by atoms with Crippen molar-refractivity contribution in [1.29, 1.82) is 0 Å². The molecule has 0 spiro atoms. The number of hydrogen-bond acceptors (Lipinski definition) is 5. The molecule has 0 saturated heterocycles. The fourth-order valence-electron chi connectivity index (χ4n) is 0.655. The molecule has 0 aromatic carbocycles. The summed E-state index contributed by atoms with van der Waals surface area (Å²) in [4.78, 5) is 0. The summed E-state index contributed by atoms with van der Waals surface area (Å²) in [7, 11) is 1.71. The van der Waals surface area contributed by atoms with Gasteiger partial charge in [0.25, 0.3) is 0 Å². The fourth-order valence-corrected chi connectivity index (χ4v) is 0.655. The maximum atomic E-state index is 8.26. The Bertz CT molecular complexity index is 79.9. The predicted octanol–water partition coefficient (Wildman–Crippen LogP) is 0.0470. The minimum absolute atomic E-state index is 0.0417. The lowest BCUT2D eigenvalue weighted by molar-refractivity contribution is 0.0222. The summed E-state index contributed by atoms with van der Waals surface area (Å²) >= 11 is 0. The van der Waals surface area contributed by atoms with Gasteiger partial charge >= 0.3 is 0 Å². The van der Waals surface area contributed by atoms with Gasteiger partial charge in [0, 0.05) is 13.7 Å². The van der Waals surface area contributed by atoms with Crippen molar-refractivity contribution in [3.63, 3.8) is 0 Å². The summed E-state index contributed by atoms with van der Waals surface area (Å²) < 4.78 is 14.4. The van der Waals surface area contributed by atoms with Crippen molar-refractivity contribution in [1.82, 2.24) is 0 Å². The highest BCUT2D eigenvalue weighted by Crippen LogP contribution is 1.76. The Hall–Kier alpha value is -0.200. The van der Waals surface area contributed by atoms with Gasteiger partial charge in [0.2, 0.25) is 0 Å². The van der Waals surface area contributed by atoms with Crippen molar-refractivity contribution in [3.8, 4) is 0 Å². The monoisotopic (exact) mass is 224 g/mol. The molecule has 94 valence electrons. The average Bonchev–Trinajstić information content (AvgIpc) is 2.25. The number of ether oxygens (including phenoxy) is 3. The standard InChI is InChI=1S/C6H14O4.C4H10O/c7-1-3-9-5-6-10-4-2-8;1-3-4-5-2/h7-8H,1-6H2;3-4H2,1-2H3. The van der Waals surface area contributed by atoms with Crippen LogP contribution in [0.15, 0.2) is 0 Å². The van der Waals surface area contributed by atoms with E-state index >= 15 is 0 Å². The first kappa shape index (κ1) is 17.2. The van der Waals surface area contributed by atoms with E-state index in [2.05, 4.69) is 6.92 Å². The van der Waals surface area contributed by atoms with Gasteiger partial charge in [-0.3, -0.25) is 0 Å². The smallest absolute Gasteiger partial charge is 0.0701 e. The molecule has 0 aromatic rings. The summed E-state index contributed by atoms with van der Waals surface area (Å²) in [5, 5.41) is 16.5. The third kappa shape index (κ3) is 24.8. The van der Waals surface area contributed by atoms with E-state index in [1.165, 1.54) is 0 Å². The van der Waals surface area contributed by atoms with Crippen molar-refractivity contribution in [2.45, 2.75) is 13.3 Å². The molecule has 0 amide bonds. The molecular formula is C10H24O5. The van der Waals surface area contributed by atoms with Crippen LogP contribution in [0.1, 0.15) is 13.3 Å². The van der Waals surface area contributed by atoms with Crippen LogP contribution in [0, 0.1) is 0 Å². The quantitative estimate of drug-likeness (QED) is 0.542. The molecule has 0 aliphatic heterocycles. The van der Waals surface area contributed by atoms with Gasteiger partial charge in [-0.05, 0) is 6.42 Å². The summed E-state index contributed by atoms with van der Waals surface area (Å²) in [6.07, 6.45) is 1.12. The Morgan fingerprint density at radius 3 is 1.47 bits per heavy atom. The van der Waals surface area contributed by atoms with E-state index in [1.807, 2.05) is 0 Å². The Kier molecular flexibility index (Phi) is 22.2. The van der Waals surface area contributed by atoms with Crippen LogP contribution in [0.5, 0.6) is 0 Å². The highest BCUT2D eigenvalue weighted by atomic mass is 16.5. The first-order valence-electron chi connectivity index (χ1n) is 5.19. The molecule has 0 unspecified atom stereocenters. The van der Waals surface area contributed by atoms with Gasteiger partial charge in [0.05, 0.1) is 39.6 Å². The van der Waals surface area contributed by atoms with E-state index in [4.69, 9.17) is 24.4 Å². The minimum atomic E-state index is 0.0417. The van der Waals surface area contributed by atoms with Gasteiger partial charge in [-0.15, -0.1) is 0 Å². The van der Waals surface area contributed by atoms with Crippen LogP contribution in [0.3, 0.4) is 0 Å². The molecule has 0 saturated carbocycles. The molecule has 15 heavy (non-hydrogen) atoms. The van der Waals surface area contributed by atoms with Crippen LogP contribution in [-0.2, 0) is 14.2 Å². The molecule has 0 bridgehead atoms. The van der Waals surface area contributed by atoms with Gasteiger partial charge in [0.15, 0.2) is 0 Å². The molecule has 0 fully saturated rings. The molecule has 0 aromatic heterocycles. The average molecular weight is 224 g/mol. The Morgan fingerprint density at radius 2 is 1.27 bits per heavy atom. The van der Waals surface area contributed by atoms with Gasteiger partial charge < -0.3 is 24.4 Å². The van der Waals surface area contributed by atoms with Crippen LogP contribution in [0.2, 0.25) is 0 Å². The number of methoxy groups -OCH3 is 1. The molecule has 0 radical (unpaired) electrons. The molecule has 2 N–H and O–H groups in total. The number of rotatable bonds is 9. The van der Waals surface area contributed by atoms with Crippen molar-refractivity contribution < 1.29 is 24.4 Å². The van der Waals surface area contributed by atoms with Crippen LogP contribution in [-0.4, -0.2) is 63.6 Å². The molecule has 0 rings (SSSR count). The molecule has 5 heteroatoms. The zero-order chi connectivity index (χ0) is 11.8. The normalized spacial score (nSPS) is 9.60. The lowest BCUT2D eigenvalue weighted by Crippen LogP contribution is -2.09. The first-order valence-corrected chi connectivity index (χ1v) is 5.19. The second-order valence-corrected chi connectivity index (χ2v) is 2.66. The van der Waals surface area contributed by atoms with Crippen molar-refractivity contribution in [2.75, 3.05) is 53.4 Å². The number of aliphatic hydroxyl groups excluding tert-OH is 2. The summed E-state index contributed by atoms with van der Waals surface area (Å²) in [5.74, 6) is 0. The van der Waals surface area contributed by atoms with Crippen molar-refractivity contribution >= 4 is 0 Å². The minimum Gasteiger partial charge on any atom is -0.394 e. The van der Waals surface area contributed by atoms with Crippen molar-refractivity contribution in [2.24, 2.45) is 0 Å². The Labute approximate surface area is 92.0 Å². The maximum absolute atomic E-state index is 8.26. The second kappa shape index (κ2) is 19.4. The van der Waals surface area contributed by atoms with Gasteiger partial charge in [-0.1, -0.05) is 6.92 Å². The van der Waals surface area contributed by atoms with Crippen LogP contribution >= 0.6 is 0 Å². The Morgan fingerprint density at radius 1 is 0.800 bits per heavy atom. The third-order valence-corrected chi connectivity index (χ3v) is 1.25. The summed E-state index contributed by atoms with van der Waals surface area (Å²) in [6.45, 7) is 4.70. The molecular weight excluding hydrogens is 200 g/mol. The van der Waals surface area contributed by atoms with E-state index in [-0.39, 0.29) is 13.2 Å². The SMILES string of the molecule is CCCOC.OCCOCCOCCO. The highest BCUT2D eigenvalue weighted by molar-refractivity contribution is 4.30. The fraction of sp³-hybridized carbons (Fsp3) is 1.00. The van der Waals surface area contributed by atoms with Gasteiger partial charge in [-0.25, -0.2) is 0 Å². The van der Waals surface area contributed by atoms with E-state index < -0.39 is 0 Å². The van der Waals surface area contributed by atoms with E-state index in [0.717, 1.165) is 13.0 Å². The number of aliphatic hydroxyl groups is 2. The molecule has 0 heterocycles. The first-order chi connectivity index (χ1) is 7.33. The molecule has 0 aliphatic rings. The Balaban J connectivity index is 0. The zero-order valence-corrected chi connectivity index (χ0v) is 9.78. The largest absolute Gasteiger partial charge is 0.394 e. The summed E-state index contributed by atoms with van der Waals surface area (Å²) in [6, 6.07) is 0. The highest BCUT2D eigenvalue weighted by Gasteiger charge is 1.86. The van der Waals surface area contributed by atoms with E-state index in [1.54, 1.807) is 7.11 Å². The maximum Gasteiger partial charge on any atom is 0.0701 e. The van der Waals surface area contributed by atoms with E-state index in [0.29, 0.717) is 26.4 Å². The van der Waals surface area contributed by atoms with Gasteiger partial charge in [0.1, 0.15) is 0 Å². The lowest BCUT2D eigenvalue weighted by atomic mass is 10.5. The topological polar surface area (TPSA) is 68.2 Å². The predicted molar refractivity (Wildman–Crippen MR) is 58.0 cm³/mol. The second-order valence-electron chi connectivity index (χ2n) is 2.66. The summed E-state index contributed by atoms with van der Waals surface area (Å²) in [5.41, 5.74) is 0. The molecule has 0 aliphatic carbocycles. The van der Waals surface area contributed by atoms with Crippen LogP contribution in [0.4, 0.5) is 0 Å². The van der Waals surface area contributed by atoms with Crippen LogP contribution in [0.25, 0.3) is 0 Å². The van der Waals surface area contributed by atoms with Gasteiger partial charge in [-0.2, -0.15) is 0 Å². The third-order valence-electron chi connectivity index (χ3n) is 1.25. The molecule has 0 atom stereocenters. The van der Waals surface area contributed by atoms with Crippen LogP contribution < -0.4 is 0 Å². The molecule has 5 nitrogen and oxygen atoms in total. The lowest BCUT2D eigenvalue weighted by Gasteiger charge is -2.01. The number of hydrogen-bond donors (Lipinski definition) is 2. The van der Waals surface area contributed by atoms with Crippen molar-refractivity contribution in [3.05, 3.63) is 0 Å².